The predicted octanol–water partition coefficient (Wildman–Crippen LogP) is 4.24. The van der Waals surface area contributed by atoms with Crippen molar-refractivity contribution in [3.63, 3.8) is 0 Å². The molecule has 14 heavy (non-hydrogen) atoms. The lowest BCUT2D eigenvalue weighted by atomic mass is 10.1. The smallest absolute Gasteiger partial charge is 0.160 e. The Hall–Kier alpha value is -0.190. The average molecular weight is 331 g/mol. The fraction of sp³-hybridized carbons (Fsp3) is 0.100. The first-order chi connectivity index (χ1) is 6.74. The van der Waals surface area contributed by atoms with Crippen LogP contribution in [0.5, 0.6) is 0 Å². The number of hydrogen-bond donors (Lipinski definition) is 0. The van der Waals surface area contributed by atoms with Crippen LogP contribution in [0.1, 0.15) is 10.4 Å². The molecule has 0 amide bonds. The van der Waals surface area contributed by atoms with E-state index in [-0.39, 0.29) is 0 Å². The average Bonchev–Trinajstić information content (AvgIpc) is 2.59. The van der Waals surface area contributed by atoms with E-state index in [1.807, 2.05) is 0 Å². The first-order valence-electron chi connectivity index (χ1n) is 4.18. The van der Waals surface area contributed by atoms with Crippen LogP contribution < -0.4 is 0 Å². The van der Waals surface area contributed by atoms with Crippen molar-refractivity contribution < 1.29 is 0 Å². The largest absolute Gasteiger partial charge is 0.229 e. The highest BCUT2D eigenvalue weighted by atomic mass is 79.9. The van der Waals surface area contributed by atoms with Crippen LogP contribution >= 0.6 is 43.2 Å². The molecule has 0 radical (unpaired) electrons. The SMILES string of the molecule is Brc1ccc2c(c1)Cc1sc(Br)nc1-2. The lowest BCUT2D eigenvalue weighted by molar-refractivity contribution is 1.30. The molecule has 1 aliphatic carbocycles. The van der Waals surface area contributed by atoms with Crippen molar-refractivity contribution in [2.24, 2.45) is 0 Å². The third-order valence-corrected chi connectivity index (χ3v) is 4.34. The Kier molecular flexibility index (Phi) is 2.04. The zero-order valence-electron chi connectivity index (χ0n) is 7.05. The predicted molar refractivity (Wildman–Crippen MR) is 65.8 cm³/mol. The summed E-state index contributed by atoms with van der Waals surface area (Å²) in [6.07, 6.45) is 1.02. The van der Waals surface area contributed by atoms with E-state index in [4.69, 9.17) is 0 Å². The Labute approximate surface area is 102 Å². The lowest BCUT2D eigenvalue weighted by Crippen LogP contribution is -1.80. The van der Waals surface area contributed by atoms with Gasteiger partial charge in [-0.25, -0.2) is 4.98 Å². The molecule has 70 valence electrons. The van der Waals surface area contributed by atoms with Crippen LogP contribution in [0, 0.1) is 0 Å². The standard InChI is InChI=1S/C10H5Br2NS/c11-6-1-2-7-5(3-6)4-8-9(7)13-10(12)14-8/h1-3H,4H2. The van der Waals surface area contributed by atoms with Crippen molar-refractivity contribution >= 4 is 43.2 Å². The van der Waals surface area contributed by atoms with E-state index in [0.717, 1.165) is 20.5 Å². The highest BCUT2D eigenvalue weighted by Gasteiger charge is 2.22. The van der Waals surface area contributed by atoms with Gasteiger partial charge in [0.15, 0.2) is 3.92 Å². The van der Waals surface area contributed by atoms with Crippen molar-refractivity contribution in [2.45, 2.75) is 6.42 Å². The van der Waals surface area contributed by atoms with E-state index in [9.17, 15) is 0 Å². The number of nitrogens with zero attached hydrogens (tertiary/aromatic N) is 1. The second-order valence-corrected chi connectivity index (χ2v) is 6.49. The molecule has 0 fully saturated rings. The summed E-state index contributed by atoms with van der Waals surface area (Å²) < 4.78 is 2.13. The Bertz CT molecular complexity index is 519. The van der Waals surface area contributed by atoms with Crippen LogP contribution in [0.4, 0.5) is 0 Å². The summed E-state index contributed by atoms with van der Waals surface area (Å²) in [4.78, 5) is 5.85. The summed E-state index contributed by atoms with van der Waals surface area (Å²) >= 11 is 8.64. The van der Waals surface area contributed by atoms with Crippen LogP contribution in [0.15, 0.2) is 26.6 Å². The fourth-order valence-corrected chi connectivity index (χ4v) is 3.76. The molecule has 1 aromatic heterocycles. The normalized spacial score (nSPS) is 12.7. The number of halogens is 2. The van der Waals surface area contributed by atoms with Crippen LogP contribution in [0.3, 0.4) is 0 Å². The zero-order chi connectivity index (χ0) is 9.71. The minimum Gasteiger partial charge on any atom is -0.229 e. The van der Waals surface area contributed by atoms with Crippen molar-refractivity contribution in [2.75, 3.05) is 0 Å². The molecule has 0 N–H and O–H groups in total. The van der Waals surface area contributed by atoms with Gasteiger partial charge in [0, 0.05) is 21.3 Å². The summed E-state index contributed by atoms with van der Waals surface area (Å²) in [6, 6.07) is 6.39. The first-order valence-corrected chi connectivity index (χ1v) is 6.58. The molecule has 0 unspecified atom stereocenters. The summed E-state index contributed by atoms with van der Waals surface area (Å²) in [5.74, 6) is 0. The number of fused-ring (bicyclic) bond motifs is 3. The van der Waals surface area contributed by atoms with Gasteiger partial charge in [-0.15, -0.1) is 11.3 Å². The van der Waals surface area contributed by atoms with Gasteiger partial charge in [-0.05, 0) is 33.6 Å². The van der Waals surface area contributed by atoms with Gasteiger partial charge in [0.1, 0.15) is 0 Å². The van der Waals surface area contributed by atoms with Gasteiger partial charge in [0.25, 0.3) is 0 Å². The number of benzene rings is 1. The van der Waals surface area contributed by atoms with Crippen molar-refractivity contribution in [3.05, 3.63) is 37.0 Å². The number of hydrogen-bond acceptors (Lipinski definition) is 2. The highest BCUT2D eigenvalue weighted by Crippen LogP contribution is 2.41. The molecule has 0 saturated heterocycles. The second kappa shape index (κ2) is 3.15. The van der Waals surface area contributed by atoms with Gasteiger partial charge in [0.2, 0.25) is 0 Å². The Morgan fingerprint density at radius 1 is 1.29 bits per heavy atom. The van der Waals surface area contributed by atoms with E-state index in [1.54, 1.807) is 11.3 Å². The quantitative estimate of drug-likeness (QED) is 0.600. The second-order valence-electron chi connectivity index (χ2n) is 3.22. The van der Waals surface area contributed by atoms with Gasteiger partial charge in [-0.1, -0.05) is 22.0 Å². The van der Waals surface area contributed by atoms with Gasteiger partial charge in [-0.3, -0.25) is 0 Å². The molecule has 4 heteroatoms. The van der Waals surface area contributed by atoms with Crippen LogP contribution in [-0.4, -0.2) is 4.98 Å². The van der Waals surface area contributed by atoms with Crippen LogP contribution in [-0.2, 0) is 6.42 Å². The highest BCUT2D eigenvalue weighted by molar-refractivity contribution is 9.11. The number of aromatic nitrogens is 1. The van der Waals surface area contributed by atoms with Crippen molar-refractivity contribution in [1.82, 2.24) is 4.98 Å². The van der Waals surface area contributed by atoms with Gasteiger partial charge in [-0.2, -0.15) is 0 Å². The summed E-state index contributed by atoms with van der Waals surface area (Å²) in [5, 5.41) is 0. The maximum absolute atomic E-state index is 4.48. The monoisotopic (exact) mass is 329 g/mol. The minimum atomic E-state index is 0.982. The lowest BCUT2D eigenvalue weighted by Gasteiger charge is -1.98. The molecule has 1 aliphatic rings. The molecular weight excluding hydrogens is 326 g/mol. The fourth-order valence-electron chi connectivity index (χ4n) is 1.77. The summed E-state index contributed by atoms with van der Waals surface area (Å²) in [6.45, 7) is 0. The Morgan fingerprint density at radius 2 is 2.14 bits per heavy atom. The van der Waals surface area contributed by atoms with E-state index >= 15 is 0 Å². The molecule has 0 atom stereocenters. The molecular formula is C10H5Br2NS. The molecule has 0 saturated carbocycles. The van der Waals surface area contributed by atoms with Gasteiger partial charge < -0.3 is 0 Å². The summed E-state index contributed by atoms with van der Waals surface area (Å²) in [5.41, 5.74) is 3.81. The first kappa shape index (κ1) is 9.07. The molecule has 3 rings (SSSR count). The maximum atomic E-state index is 4.48. The molecule has 1 heterocycles. The topological polar surface area (TPSA) is 12.9 Å². The van der Waals surface area contributed by atoms with E-state index < -0.39 is 0 Å². The molecule has 1 aromatic carbocycles. The van der Waals surface area contributed by atoms with E-state index in [1.165, 1.54) is 16.0 Å². The van der Waals surface area contributed by atoms with Crippen LogP contribution in [0.2, 0.25) is 0 Å². The van der Waals surface area contributed by atoms with Gasteiger partial charge >= 0.3 is 0 Å². The summed E-state index contributed by atoms with van der Waals surface area (Å²) in [7, 11) is 0. The minimum absolute atomic E-state index is 0.982. The van der Waals surface area contributed by atoms with E-state index in [0.29, 0.717) is 0 Å². The molecule has 0 spiro atoms. The van der Waals surface area contributed by atoms with Gasteiger partial charge in [0.05, 0.1) is 5.69 Å². The molecule has 2 aromatic rings. The Morgan fingerprint density at radius 3 is 3.00 bits per heavy atom. The molecule has 0 aliphatic heterocycles. The molecule has 0 bridgehead atoms. The van der Waals surface area contributed by atoms with Crippen molar-refractivity contribution in [3.8, 4) is 11.3 Å². The third kappa shape index (κ3) is 1.28. The Balaban J connectivity index is 2.25. The number of rotatable bonds is 0. The third-order valence-electron chi connectivity index (χ3n) is 2.34. The van der Waals surface area contributed by atoms with E-state index in [2.05, 4.69) is 55.0 Å². The van der Waals surface area contributed by atoms with Crippen molar-refractivity contribution in [1.29, 1.82) is 0 Å². The molecule has 1 nitrogen and oxygen atoms in total. The maximum Gasteiger partial charge on any atom is 0.160 e. The number of thiazole rings is 1. The zero-order valence-corrected chi connectivity index (χ0v) is 11.0. The van der Waals surface area contributed by atoms with Crippen LogP contribution in [0.25, 0.3) is 11.3 Å².